The van der Waals surface area contributed by atoms with Crippen molar-refractivity contribution in [2.45, 2.75) is 63.7 Å². The quantitative estimate of drug-likeness (QED) is 0.584. The second kappa shape index (κ2) is 10.1. The van der Waals surface area contributed by atoms with E-state index in [1.165, 1.54) is 11.1 Å². The van der Waals surface area contributed by atoms with Gasteiger partial charge in [-0.3, -0.25) is 4.90 Å². The van der Waals surface area contributed by atoms with Gasteiger partial charge < -0.3 is 15.1 Å². The molecule has 1 aliphatic heterocycles. The molecule has 1 aromatic carbocycles. The van der Waals surface area contributed by atoms with Crippen LogP contribution in [0.3, 0.4) is 0 Å². The number of hydrogen-bond acceptors (Lipinski definition) is 5. The number of piperazine rings is 1. The maximum Gasteiger partial charge on any atom is 0.129 e. The van der Waals surface area contributed by atoms with Crippen molar-refractivity contribution in [3.63, 3.8) is 0 Å². The van der Waals surface area contributed by atoms with Crippen LogP contribution in [0.15, 0.2) is 36.4 Å². The van der Waals surface area contributed by atoms with E-state index in [4.69, 9.17) is 10.1 Å². The van der Waals surface area contributed by atoms with Crippen molar-refractivity contribution >= 4 is 5.82 Å². The molecule has 180 valence electrons. The zero-order chi connectivity index (χ0) is 23.5. The summed E-state index contributed by atoms with van der Waals surface area (Å²) in [5, 5.41) is 19.2. The summed E-state index contributed by atoms with van der Waals surface area (Å²) in [4.78, 5) is 9.98. The molecule has 5 nitrogen and oxygen atoms in total. The predicted molar refractivity (Wildman–Crippen MR) is 136 cm³/mol. The SMILES string of the molecule is CC1(C)CCC(C)(CO)c2cc(-c3cccc(N4CCN(CCCCCO)CC4)n3)ccc21. The van der Waals surface area contributed by atoms with Crippen molar-refractivity contribution in [3.8, 4) is 11.3 Å². The van der Waals surface area contributed by atoms with Crippen LogP contribution in [-0.2, 0) is 10.8 Å². The first-order valence-electron chi connectivity index (χ1n) is 12.7. The summed E-state index contributed by atoms with van der Waals surface area (Å²) in [6, 6.07) is 13.1. The Bertz CT molecular complexity index is 936. The monoisotopic (exact) mass is 451 g/mol. The van der Waals surface area contributed by atoms with Gasteiger partial charge in [-0.15, -0.1) is 0 Å². The maximum atomic E-state index is 10.2. The van der Waals surface area contributed by atoms with Crippen molar-refractivity contribution < 1.29 is 10.2 Å². The fourth-order valence-electron chi connectivity index (χ4n) is 5.40. The molecule has 0 amide bonds. The molecule has 0 saturated carbocycles. The second-order valence-electron chi connectivity index (χ2n) is 10.9. The number of pyridine rings is 1. The molecular formula is C28H41N3O2. The number of hydrogen-bond donors (Lipinski definition) is 2. The van der Waals surface area contributed by atoms with Crippen molar-refractivity contribution in [1.29, 1.82) is 0 Å². The molecule has 4 rings (SSSR count). The first-order chi connectivity index (χ1) is 15.9. The van der Waals surface area contributed by atoms with Gasteiger partial charge in [0.2, 0.25) is 0 Å². The highest BCUT2D eigenvalue weighted by Gasteiger charge is 2.39. The lowest BCUT2D eigenvalue weighted by Crippen LogP contribution is -2.46. The van der Waals surface area contributed by atoms with Crippen LogP contribution in [0.25, 0.3) is 11.3 Å². The van der Waals surface area contributed by atoms with Crippen LogP contribution in [0.4, 0.5) is 5.82 Å². The Morgan fingerprint density at radius 1 is 0.879 bits per heavy atom. The number of benzene rings is 1. The standard InChI is InChI=1S/C28H41N3O2/c1-27(2)12-13-28(3,21-33)24-20-22(10-11-23(24)27)25-8-7-9-26(29-25)31-17-15-30(16-18-31)14-5-4-6-19-32/h7-11,20,32-33H,4-6,12-19,21H2,1-3H3. The Kier molecular flexibility index (Phi) is 7.42. The van der Waals surface area contributed by atoms with Crippen molar-refractivity contribution in [3.05, 3.63) is 47.5 Å². The van der Waals surface area contributed by atoms with Crippen LogP contribution in [0.2, 0.25) is 0 Å². The largest absolute Gasteiger partial charge is 0.396 e. The smallest absolute Gasteiger partial charge is 0.129 e. The number of anilines is 1. The van der Waals surface area contributed by atoms with E-state index < -0.39 is 0 Å². The van der Waals surface area contributed by atoms with Gasteiger partial charge in [-0.05, 0) is 73.4 Å². The number of aliphatic hydroxyl groups excluding tert-OH is 2. The van der Waals surface area contributed by atoms with Crippen LogP contribution in [0, 0.1) is 0 Å². The summed E-state index contributed by atoms with van der Waals surface area (Å²) < 4.78 is 0. The minimum Gasteiger partial charge on any atom is -0.396 e. The predicted octanol–water partition coefficient (Wildman–Crippen LogP) is 4.35. The number of aromatic nitrogens is 1. The molecule has 2 aromatic rings. The van der Waals surface area contributed by atoms with E-state index in [9.17, 15) is 5.11 Å². The lowest BCUT2D eigenvalue weighted by atomic mass is 9.62. The maximum absolute atomic E-state index is 10.2. The molecule has 0 spiro atoms. The summed E-state index contributed by atoms with van der Waals surface area (Å²) >= 11 is 0. The molecule has 33 heavy (non-hydrogen) atoms. The summed E-state index contributed by atoms with van der Waals surface area (Å²) in [6.07, 6.45) is 5.28. The normalized spacial score (nSPS) is 22.9. The van der Waals surface area contributed by atoms with E-state index in [1.807, 2.05) is 0 Å². The Balaban J connectivity index is 1.49. The van der Waals surface area contributed by atoms with E-state index >= 15 is 0 Å². The molecule has 0 radical (unpaired) electrons. The lowest BCUT2D eigenvalue weighted by molar-refractivity contribution is 0.173. The average molecular weight is 452 g/mol. The molecule has 0 bridgehead atoms. The number of unbranched alkanes of at least 4 members (excludes halogenated alkanes) is 2. The summed E-state index contributed by atoms with van der Waals surface area (Å²) in [5.74, 6) is 1.05. The summed E-state index contributed by atoms with van der Waals surface area (Å²) in [6.45, 7) is 12.5. The Labute approximate surface area is 199 Å². The minimum atomic E-state index is -0.189. The van der Waals surface area contributed by atoms with E-state index in [0.29, 0.717) is 6.61 Å². The number of rotatable bonds is 8. The third-order valence-corrected chi connectivity index (χ3v) is 7.91. The van der Waals surface area contributed by atoms with Crippen molar-refractivity contribution in [2.75, 3.05) is 50.8 Å². The van der Waals surface area contributed by atoms with Gasteiger partial charge in [-0.25, -0.2) is 4.98 Å². The van der Waals surface area contributed by atoms with E-state index in [1.54, 1.807) is 0 Å². The first-order valence-corrected chi connectivity index (χ1v) is 12.7. The fourth-order valence-corrected chi connectivity index (χ4v) is 5.40. The third-order valence-electron chi connectivity index (χ3n) is 7.91. The fraction of sp³-hybridized carbons (Fsp3) is 0.607. The Morgan fingerprint density at radius 2 is 1.67 bits per heavy atom. The summed E-state index contributed by atoms with van der Waals surface area (Å²) in [7, 11) is 0. The van der Waals surface area contributed by atoms with Gasteiger partial charge in [0.1, 0.15) is 5.82 Å². The van der Waals surface area contributed by atoms with E-state index in [-0.39, 0.29) is 17.4 Å². The molecule has 2 heterocycles. The number of aliphatic hydroxyl groups is 2. The molecule has 1 aliphatic carbocycles. The molecule has 1 unspecified atom stereocenters. The molecule has 2 aliphatic rings. The van der Waals surface area contributed by atoms with Crippen LogP contribution in [0.5, 0.6) is 0 Å². The molecular weight excluding hydrogens is 410 g/mol. The van der Waals surface area contributed by atoms with Gasteiger partial charge in [-0.1, -0.05) is 39.0 Å². The average Bonchev–Trinajstić information content (AvgIpc) is 2.85. The zero-order valence-electron chi connectivity index (χ0n) is 20.7. The van der Waals surface area contributed by atoms with Crippen molar-refractivity contribution in [2.24, 2.45) is 0 Å². The minimum absolute atomic E-state index is 0.135. The van der Waals surface area contributed by atoms with Crippen LogP contribution >= 0.6 is 0 Å². The van der Waals surface area contributed by atoms with Crippen LogP contribution in [0.1, 0.15) is 64.0 Å². The highest BCUT2D eigenvalue weighted by Crippen LogP contribution is 2.46. The van der Waals surface area contributed by atoms with Crippen LogP contribution < -0.4 is 4.90 Å². The van der Waals surface area contributed by atoms with Gasteiger partial charge in [0, 0.05) is 43.8 Å². The first kappa shape index (κ1) is 24.2. The zero-order valence-corrected chi connectivity index (χ0v) is 20.7. The topological polar surface area (TPSA) is 59.8 Å². The number of fused-ring (bicyclic) bond motifs is 1. The molecule has 5 heteroatoms. The van der Waals surface area contributed by atoms with Gasteiger partial charge >= 0.3 is 0 Å². The van der Waals surface area contributed by atoms with Crippen LogP contribution in [-0.4, -0.2) is 66.0 Å². The third kappa shape index (κ3) is 5.26. The Morgan fingerprint density at radius 3 is 2.39 bits per heavy atom. The van der Waals surface area contributed by atoms with E-state index in [0.717, 1.165) is 81.9 Å². The number of nitrogens with zero attached hydrogens (tertiary/aromatic N) is 3. The van der Waals surface area contributed by atoms with Crippen molar-refractivity contribution in [1.82, 2.24) is 9.88 Å². The molecule has 1 saturated heterocycles. The summed E-state index contributed by atoms with van der Waals surface area (Å²) in [5.41, 5.74) is 4.73. The van der Waals surface area contributed by atoms with Gasteiger partial charge in [0.05, 0.1) is 12.3 Å². The van der Waals surface area contributed by atoms with E-state index in [2.05, 4.69) is 67.0 Å². The van der Waals surface area contributed by atoms with Gasteiger partial charge in [0.25, 0.3) is 0 Å². The second-order valence-corrected chi connectivity index (χ2v) is 10.9. The highest BCUT2D eigenvalue weighted by atomic mass is 16.3. The molecule has 1 fully saturated rings. The molecule has 2 N–H and O–H groups in total. The van der Waals surface area contributed by atoms with Gasteiger partial charge in [0.15, 0.2) is 0 Å². The van der Waals surface area contributed by atoms with Gasteiger partial charge in [-0.2, -0.15) is 0 Å². The molecule has 1 atom stereocenters. The Hall–Kier alpha value is -1.95. The lowest BCUT2D eigenvalue weighted by Gasteiger charge is -2.43. The highest BCUT2D eigenvalue weighted by molar-refractivity contribution is 5.65. The molecule has 1 aromatic heterocycles.